The molecule has 0 aliphatic carbocycles. The molecule has 2 nitrogen and oxygen atoms in total. The first kappa shape index (κ1) is 19.0. The van der Waals surface area contributed by atoms with Crippen molar-refractivity contribution in [1.29, 1.82) is 0 Å². The smallest absolute Gasteiger partial charge is 0.127 e. The summed E-state index contributed by atoms with van der Waals surface area (Å²) in [6, 6.07) is 27.0. The van der Waals surface area contributed by atoms with Crippen molar-refractivity contribution in [3.63, 3.8) is 0 Å². The number of rotatable bonds is 8. The molecular weight excluding hydrogens is 330 g/mol. The van der Waals surface area contributed by atoms with Crippen LogP contribution >= 0.6 is 0 Å². The highest BCUT2D eigenvalue weighted by Gasteiger charge is 2.06. The monoisotopic (exact) mass is 359 g/mol. The summed E-state index contributed by atoms with van der Waals surface area (Å²) in [5, 5.41) is 3.53. The van der Waals surface area contributed by atoms with Crippen LogP contribution in [0.1, 0.15) is 37.8 Å². The van der Waals surface area contributed by atoms with Gasteiger partial charge in [-0.3, -0.25) is 0 Å². The van der Waals surface area contributed by atoms with E-state index in [0.29, 0.717) is 11.8 Å². The van der Waals surface area contributed by atoms with E-state index in [2.05, 4.69) is 62.5 Å². The number of nitrogens with one attached hydrogen (secondary N) is 1. The van der Waals surface area contributed by atoms with Gasteiger partial charge in [-0.25, -0.2) is 0 Å². The lowest BCUT2D eigenvalue weighted by Crippen LogP contribution is -2.09. The van der Waals surface area contributed by atoms with Crippen LogP contribution in [0.25, 0.3) is 0 Å². The molecule has 3 aromatic carbocycles. The first-order valence-electron chi connectivity index (χ1n) is 9.76. The summed E-state index contributed by atoms with van der Waals surface area (Å²) >= 11 is 0. The van der Waals surface area contributed by atoms with E-state index in [0.717, 1.165) is 30.2 Å². The number of ether oxygens (including phenoxy) is 1. The molecule has 0 amide bonds. The van der Waals surface area contributed by atoms with E-state index < -0.39 is 0 Å². The van der Waals surface area contributed by atoms with E-state index in [-0.39, 0.29) is 0 Å². The fraction of sp³-hybridized carbons (Fsp3) is 0.280. The highest BCUT2D eigenvalue weighted by molar-refractivity contribution is 5.47. The van der Waals surface area contributed by atoms with E-state index in [1.807, 2.05) is 42.5 Å². The van der Waals surface area contributed by atoms with Crippen molar-refractivity contribution in [2.45, 2.75) is 33.1 Å². The van der Waals surface area contributed by atoms with Crippen LogP contribution in [0.3, 0.4) is 0 Å². The van der Waals surface area contributed by atoms with Gasteiger partial charge in [0.15, 0.2) is 0 Å². The quantitative estimate of drug-likeness (QED) is 0.472. The van der Waals surface area contributed by atoms with E-state index in [1.165, 1.54) is 11.1 Å². The van der Waals surface area contributed by atoms with Gasteiger partial charge in [-0.1, -0.05) is 63.2 Å². The van der Waals surface area contributed by atoms with Crippen molar-refractivity contribution in [2.75, 3.05) is 11.9 Å². The first-order valence-corrected chi connectivity index (χ1v) is 9.76. The van der Waals surface area contributed by atoms with Crippen molar-refractivity contribution in [3.05, 3.63) is 90.0 Å². The fourth-order valence-corrected chi connectivity index (χ4v) is 3.11. The van der Waals surface area contributed by atoms with Crippen molar-refractivity contribution in [2.24, 2.45) is 5.92 Å². The zero-order valence-corrected chi connectivity index (χ0v) is 16.5. The highest BCUT2D eigenvalue weighted by Crippen LogP contribution is 2.23. The van der Waals surface area contributed by atoms with Crippen LogP contribution in [0, 0.1) is 5.92 Å². The summed E-state index contributed by atoms with van der Waals surface area (Å²) in [4.78, 5) is 0. The van der Waals surface area contributed by atoms with Gasteiger partial charge >= 0.3 is 0 Å². The zero-order valence-electron chi connectivity index (χ0n) is 16.5. The molecule has 3 aromatic rings. The van der Waals surface area contributed by atoms with Crippen molar-refractivity contribution in [3.8, 4) is 11.5 Å². The Hall–Kier alpha value is -2.74. The predicted octanol–water partition coefficient (Wildman–Crippen LogP) is 6.89. The van der Waals surface area contributed by atoms with Crippen LogP contribution in [0.2, 0.25) is 0 Å². The third-order valence-electron chi connectivity index (χ3n) is 4.64. The molecule has 0 radical (unpaired) electrons. The molecule has 0 saturated carbocycles. The van der Waals surface area contributed by atoms with Gasteiger partial charge in [0.1, 0.15) is 11.5 Å². The van der Waals surface area contributed by atoms with Gasteiger partial charge < -0.3 is 10.1 Å². The molecule has 1 unspecified atom stereocenters. The van der Waals surface area contributed by atoms with Crippen LogP contribution in [0.15, 0.2) is 78.9 Å². The summed E-state index contributed by atoms with van der Waals surface area (Å²) in [5.74, 6) is 2.86. The standard InChI is InChI=1S/C25H29NO/c1-19(2)17-21-9-11-22(12-10-21)20(3)18-26-23-13-15-25(16-14-23)27-24-7-5-4-6-8-24/h4-16,19-20,26H,17-18H2,1-3H3. The van der Waals surface area contributed by atoms with Gasteiger partial charge in [-0.05, 0) is 65.8 Å². The Bertz CT molecular complexity index is 807. The summed E-state index contributed by atoms with van der Waals surface area (Å²) in [7, 11) is 0. The minimum Gasteiger partial charge on any atom is -0.457 e. The largest absolute Gasteiger partial charge is 0.457 e. The van der Waals surface area contributed by atoms with Gasteiger partial charge in [0.2, 0.25) is 0 Å². The Morgan fingerprint density at radius 2 is 1.37 bits per heavy atom. The third kappa shape index (κ3) is 5.89. The second-order valence-electron chi connectivity index (χ2n) is 7.56. The lowest BCUT2D eigenvalue weighted by atomic mass is 9.97. The van der Waals surface area contributed by atoms with Crippen molar-refractivity contribution >= 4 is 5.69 Å². The molecule has 0 aromatic heterocycles. The maximum Gasteiger partial charge on any atom is 0.127 e. The summed E-state index contributed by atoms with van der Waals surface area (Å²) in [6.07, 6.45) is 1.14. The lowest BCUT2D eigenvalue weighted by molar-refractivity contribution is 0.483. The van der Waals surface area contributed by atoms with Gasteiger partial charge in [-0.2, -0.15) is 0 Å². The van der Waals surface area contributed by atoms with Gasteiger partial charge in [0, 0.05) is 12.2 Å². The number of para-hydroxylation sites is 1. The maximum atomic E-state index is 5.84. The minimum atomic E-state index is 0.457. The Morgan fingerprint density at radius 3 is 2.00 bits per heavy atom. The fourth-order valence-electron chi connectivity index (χ4n) is 3.11. The molecule has 0 saturated heterocycles. The van der Waals surface area contributed by atoms with Crippen LogP contribution in [-0.4, -0.2) is 6.54 Å². The number of hydrogen-bond donors (Lipinski definition) is 1. The van der Waals surface area contributed by atoms with Crippen molar-refractivity contribution in [1.82, 2.24) is 0 Å². The van der Waals surface area contributed by atoms with Gasteiger partial charge in [0.05, 0.1) is 0 Å². The van der Waals surface area contributed by atoms with Gasteiger partial charge in [0.25, 0.3) is 0 Å². The second kappa shape index (κ2) is 9.27. The molecule has 2 heteroatoms. The predicted molar refractivity (Wildman–Crippen MR) is 115 cm³/mol. The van der Waals surface area contributed by atoms with E-state index in [9.17, 15) is 0 Å². The molecule has 0 aliphatic rings. The average molecular weight is 360 g/mol. The average Bonchev–Trinajstić information content (AvgIpc) is 2.68. The molecule has 140 valence electrons. The van der Waals surface area contributed by atoms with Crippen LogP contribution < -0.4 is 10.1 Å². The molecule has 1 N–H and O–H groups in total. The topological polar surface area (TPSA) is 21.3 Å². The zero-order chi connectivity index (χ0) is 19.1. The number of hydrogen-bond acceptors (Lipinski definition) is 2. The molecule has 0 bridgehead atoms. The first-order chi connectivity index (χ1) is 13.1. The molecule has 0 spiro atoms. The Morgan fingerprint density at radius 1 is 0.741 bits per heavy atom. The van der Waals surface area contributed by atoms with E-state index >= 15 is 0 Å². The lowest BCUT2D eigenvalue weighted by Gasteiger charge is -2.15. The summed E-state index contributed by atoms with van der Waals surface area (Å²) < 4.78 is 5.84. The SMILES string of the molecule is CC(C)Cc1ccc(C(C)CNc2ccc(Oc3ccccc3)cc2)cc1. The molecule has 1 atom stereocenters. The number of anilines is 1. The normalized spacial score (nSPS) is 12.0. The number of benzene rings is 3. The van der Waals surface area contributed by atoms with Crippen LogP contribution in [0.4, 0.5) is 5.69 Å². The van der Waals surface area contributed by atoms with Gasteiger partial charge in [-0.15, -0.1) is 0 Å². The Kier molecular flexibility index (Phi) is 6.54. The van der Waals surface area contributed by atoms with Crippen LogP contribution in [-0.2, 0) is 6.42 Å². The van der Waals surface area contributed by atoms with Crippen molar-refractivity contribution < 1.29 is 4.74 Å². The van der Waals surface area contributed by atoms with Crippen LogP contribution in [0.5, 0.6) is 11.5 Å². The van der Waals surface area contributed by atoms with E-state index in [4.69, 9.17) is 4.74 Å². The Labute approximate surface area is 163 Å². The molecule has 27 heavy (non-hydrogen) atoms. The maximum absolute atomic E-state index is 5.84. The molecule has 3 rings (SSSR count). The molecule has 0 heterocycles. The molecule has 0 fully saturated rings. The Balaban J connectivity index is 1.52. The second-order valence-corrected chi connectivity index (χ2v) is 7.56. The van der Waals surface area contributed by atoms with E-state index in [1.54, 1.807) is 0 Å². The molecular formula is C25H29NO. The summed E-state index contributed by atoms with van der Waals surface area (Å²) in [5.41, 5.74) is 3.90. The minimum absolute atomic E-state index is 0.457. The third-order valence-corrected chi connectivity index (χ3v) is 4.64. The highest BCUT2D eigenvalue weighted by atomic mass is 16.5. The summed E-state index contributed by atoms with van der Waals surface area (Å²) in [6.45, 7) is 7.69. The molecule has 0 aliphatic heterocycles.